The van der Waals surface area contributed by atoms with Crippen molar-refractivity contribution in [3.8, 4) is 0 Å². The first-order chi connectivity index (χ1) is 9.79. The van der Waals surface area contributed by atoms with E-state index in [0.29, 0.717) is 0 Å². The largest absolute Gasteiger partial charge is 0.465 e. The molecular weight excluding hydrogens is 288 g/mol. The van der Waals surface area contributed by atoms with Gasteiger partial charge in [-0.3, -0.25) is 0 Å². The molecule has 0 aliphatic carbocycles. The zero-order valence-corrected chi connectivity index (χ0v) is 13.6. The number of carbonyl (C=O) groups is 2. The minimum atomic E-state index is -0.521. The van der Waals surface area contributed by atoms with Crippen LogP contribution in [-0.2, 0) is 14.9 Å². The number of fused-ring (bicyclic) bond motifs is 1. The highest BCUT2D eigenvalue weighted by Gasteiger charge is 2.26. The van der Waals surface area contributed by atoms with Gasteiger partial charge in [0.25, 0.3) is 0 Å². The third-order valence-electron chi connectivity index (χ3n) is 3.31. The molecule has 4 nitrogen and oxygen atoms in total. The third-order valence-corrected chi connectivity index (χ3v) is 4.47. The van der Waals surface area contributed by atoms with E-state index in [1.54, 1.807) is 0 Å². The van der Waals surface area contributed by atoms with Crippen molar-refractivity contribution in [2.45, 2.75) is 26.2 Å². The van der Waals surface area contributed by atoms with Crippen molar-refractivity contribution < 1.29 is 19.1 Å². The summed E-state index contributed by atoms with van der Waals surface area (Å²) >= 11 is 1.24. The molecule has 1 aromatic heterocycles. The van der Waals surface area contributed by atoms with Crippen LogP contribution in [0.4, 0.5) is 0 Å². The van der Waals surface area contributed by atoms with Gasteiger partial charge in [-0.05, 0) is 23.1 Å². The monoisotopic (exact) mass is 306 g/mol. The highest BCUT2D eigenvalue weighted by atomic mass is 32.1. The van der Waals surface area contributed by atoms with Crippen LogP contribution in [0.2, 0.25) is 0 Å². The summed E-state index contributed by atoms with van der Waals surface area (Å²) in [5, 5.41) is 0.736. The number of ether oxygens (including phenoxy) is 2. The third kappa shape index (κ3) is 2.78. The van der Waals surface area contributed by atoms with Crippen LogP contribution in [0.25, 0.3) is 10.1 Å². The van der Waals surface area contributed by atoms with Crippen molar-refractivity contribution in [3.05, 3.63) is 34.2 Å². The van der Waals surface area contributed by atoms with Gasteiger partial charge < -0.3 is 9.47 Å². The van der Waals surface area contributed by atoms with Crippen molar-refractivity contribution >= 4 is 33.4 Å². The lowest BCUT2D eigenvalue weighted by Gasteiger charge is -2.19. The molecule has 0 N–H and O–H groups in total. The van der Waals surface area contributed by atoms with Gasteiger partial charge in [0, 0.05) is 10.1 Å². The number of benzene rings is 1. The van der Waals surface area contributed by atoms with Crippen LogP contribution >= 0.6 is 11.3 Å². The molecule has 0 unspecified atom stereocenters. The SMILES string of the molecule is COC(=O)c1sc2ccc(C(C)(C)C)cc2c1C(=O)OC. The Morgan fingerprint density at radius 1 is 1.05 bits per heavy atom. The number of methoxy groups -OCH3 is 2. The van der Waals surface area contributed by atoms with Crippen molar-refractivity contribution in [1.29, 1.82) is 0 Å². The predicted octanol–water partition coefficient (Wildman–Crippen LogP) is 3.77. The predicted molar refractivity (Wildman–Crippen MR) is 83.2 cm³/mol. The molecule has 0 radical (unpaired) electrons. The summed E-state index contributed by atoms with van der Waals surface area (Å²) in [5.41, 5.74) is 1.33. The lowest BCUT2D eigenvalue weighted by molar-refractivity contribution is 0.0561. The summed E-state index contributed by atoms with van der Waals surface area (Å²) < 4.78 is 10.5. The van der Waals surface area contributed by atoms with Gasteiger partial charge in [-0.2, -0.15) is 0 Å². The van der Waals surface area contributed by atoms with E-state index in [4.69, 9.17) is 9.47 Å². The van der Waals surface area contributed by atoms with E-state index < -0.39 is 11.9 Å². The molecule has 0 saturated carbocycles. The van der Waals surface area contributed by atoms with E-state index in [1.807, 2.05) is 18.2 Å². The summed E-state index contributed by atoms with van der Waals surface area (Å²) in [7, 11) is 2.61. The molecule has 0 bridgehead atoms. The lowest BCUT2D eigenvalue weighted by atomic mass is 9.86. The first-order valence-electron chi connectivity index (χ1n) is 6.53. The summed E-state index contributed by atoms with van der Waals surface area (Å²) in [5.74, 6) is -1.04. The van der Waals surface area contributed by atoms with E-state index in [1.165, 1.54) is 25.6 Å². The van der Waals surface area contributed by atoms with Gasteiger partial charge in [0.1, 0.15) is 4.88 Å². The first kappa shape index (κ1) is 15.5. The minimum Gasteiger partial charge on any atom is -0.465 e. The van der Waals surface area contributed by atoms with E-state index in [2.05, 4.69) is 20.8 Å². The molecule has 0 fully saturated rings. The van der Waals surface area contributed by atoms with Crippen LogP contribution in [0.3, 0.4) is 0 Å². The van der Waals surface area contributed by atoms with Crippen LogP contribution < -0.4 is 0 Å². The topological polar surface area (TPSA) is 52.6 Å². The molecule has 0 amide bonds. The van der Waals surface area contributed by atoms with Crippen LogP contribution in [0.5, 0.6) is 0 Å². The van der Waals surface area contributed by atoms with E-state index in [0.717, 1.165) is 15.6 Å². The maximum Gasteiger partial charge on any atom is 0.348 e. The molecule has 0 saturated heterocycles. The fourth-order valence-electron chi connectivity index (χ4n) is 2.11. The average molecular weight is 306 g/mol. The Bertz CT molecular complexity index is 707. The fraction of sp³-hybridized carbons (Fsp3) is 0.375. The van der Waals surface area contributed by atoms with Gasteiger partial charge in [0.2, 0.25) is 0 Å². The molecule has 0 aliphatic heterocycles. The maximum absolute atomic E-state index is 12.1. The van der Waals surface area contributed by atoms with Gasteiger partial charge in [-0.25, -0.2) is 9.59 Å². The van der Waals surface area contributed by atoms with E-state index in [9.17, 15) is 9.59 Å². The van der Waals surface area contributed by atoms with E-state index in [-0.39, 0.29) is 15.9 Å². The summed E-state index contributed by atoms with van der Waals surface area (Å²) in [4.78, 5) is 24.2. The molecule has 0 atom stereocenters. The molecule has 21 heavy (non-hydrogen) atoms. The Morgan fingerprint density at radius 2 is 1.67 bits per heavy atom. The Labute approximate surface area is 127 Å². The summed E-state index contributed by atoms with van der Waals surface area (Å²) in [6, 6.07) is 5.89. The zero-order chi connectivity index (χ0) is 15.8. The van der Waals surface area contributed by atoms with E-state index >= 15 is 0 Å². The smallest absolute Gasteiger partial charge is 0.348 e. The number of rotatable bonds is 2. The number of esters is 2. The molecular formula is C16H18O4S. The van der Waals surface area contributed by atoms with Crippen LogP contribution in [0.15, 0.2) is 18.2 Å². The lowest BCUT2D eigenvalue weighted by Crippen LogP contribution is -2.11. The second-order valence-electron chi connectivity index (χ2n) is 5.75. The van der Waals surface area contributed by atoms with Crippen LogP contribution in [0, 0.1) is 0 Å². The molecule has 1 heterocycles. The fourth-order valence-corrected chi connectivity index (χ4v) is 3.19. The van der Waals surface area contributed by atoms with Crippen molar-refractivity contribution in [2.75, 3.05) is 14.2 Å². The quantitative estimate of drug-likeness (QED) is 0.792. The molecule has 1 aromatic carbocycles. The first-order valence-corrected chi connectivity index (χ1v) is 7.35. The molecule has 5 heteroatoms. The molecule has 0 aliphatic rings. The Balaban J connectivity index is 2.77. The highest BCUT2D eigenvalue weighted by Crippen LogP contribution is 2.35. The maximum atomic E-state index is 12.1. The van der Waals surface area contributed by atoms with Gasteiger partial charge in [-0.1, -0.05) is 26.8 Å². The van der Waals surface area contributed by atoms with Crippen LogP contribution in [-0.4, -0.2) is 26.2 Å². The normalized spacial score (nSPS) is 11.5. The summed E-state index contributed by atoms with van der Waals surface area (Å²) in [6.45, 7) is 6.29. The van der Waals surface area contributed by atoms with Gasteiger partial charge in [0.05, 0.1) is 19.8 Å². The summed E-state index contributed by atoms with van der Waals surface area (Å²) in [6.07, 6.45) is 0. The average Bonchev–Trinajstić information content (AvgIpc) is 2.83. The standard InChI is InChI=1S/C16H18O4S/c1-16(2,3)9-6-7-11-10(8-9)12(14(17)19-4)13(21-11)15(18)20-5/h6-8H,1-5H3. The molecule has 0 spiro atoms. The van der Waals surface area contributed by atoms with Gasteiger partial charge in [0.15, 0.2) is 0 Å². The highest BCUT2D eigenvalue weighted by molar-refractivity contribution is 7.21. The number of hydrogen-bond donors (Lipinski definition) is 0. The Hall–Kier alpha value is -1.88. The number of hydrogen-bond acceptors (Lipinski definition) is 5. The Morgan fingerprint density at radius 3 is 2.19 bits per heavy atom. The molecule has 112 valence electrons. The Kier molecular flexibility index (Phi) is 4.05. The number of carbonyl (C=O) groups excluding carboxylic acids is 2. The second kappa shape index (κ2) is 5.48. The second-order valence-corrected chi connectivity index (χ2v) is 6.80. The molecule has 2 rings (SSSR count). The van der Waals surface area contributed by atoms with Crippen molar-refractivity contribution in [1.82, 2.24) is 0 Å². The zero-order valence-electron chi connectivity index (χ0n) is 12.8. The van der Waals surface area contributed by atoms with Crippen molar-refractivity contribution in [3.63, 3.8) is 0 Å². The minimum absolute atomic E-state index is 0.0467. The van der Waals surface area contributed by atoms with Gasteiger partial charge in [-0.15, -0.1) is 11.3 Å². The van der Waals surface area contributed by atoms with Gasteiger partial charge >= 0.3 is 11.9 Å². The number of thiophene rings is 1. The van der Waals surface area contributed by atoms with Crippen LogP contribution in [0.1, 0.15) is 46.4 Å². The molecule has 2 aromatic rings. The van der Waals surface area contributed by atoms with Crippen molar-refractivity contribution in [2.24, 2.45) is 0 Å².